The lowest BCUT2D eigenvalue weighted by Crippen LogP contribution is -1.95. The number of rotatable bonds is 1. The Morgan fingerprint density at radius 2 is 1.44 bits per heavy atom. The maximum atomic E-state index is 13.5. The normalized spacial score (nSPS) is 10.5. The average Bonchev–Trinajstić information content (AvgIpc) is 2.32. The van der Waals surface area contributed by atoms with Gasteiger partial charge in [0.25, 0.3) is 0 Å². The lowest BCUT2D eigenvalue weighted by Gasteiger charge is -2.06. The molecule has 0 atom stereocenters. The van der Waals surface area contributed by atoms with Crippen LogP contribution in [-0.2, 0) is 0 Å². The standard InChI is InChI=1S/C12H6BrF3/c13-9-6-8(7-4-2-1-3-5-7)10(14)12(16)11(9)15/h1-6H. The number of halogens is 4. The third-order valence-corrected chi connectivity index (χ3v) is 2.76. The van der Waals surface area contributed by atoms with E-state index in [0.717, 1.165) is 0 Å². The maximum absolute atomic E-state index is 13.5. The Morgan fingerprint density at radius 1 is 0.812 bits per heavy atom. The van der Waals surface area contributed by atoms with E-state index >= 15 is 0 Å². The first kappa shape index (κ1) is 11.2. The first-order valence-electron chi connectivity index (χ1n) is 4.49. The summed E-state index contributed by atoms with van der Waals surface area (Å²) in [5.41, 5.74) is 0.533. The highest BCUT2D eigenvalue weighted by Gasteiger charge is 2.17. The maximum Gasteiger partial charge on any atom is 0.196 e. The van der Waals surface area contributed by atoms with Crippen molar-refractivity contribution in [3.05, 3.63) is 58.3 Å². The molecule has 16 heavy (non-hydrogen) atoms. The number of benzene rings is 2. The molecule has 0 unspecified atom stereocenters. The fourth-order valence-electron chi connectivity index (χ4n) is 1.40. The lowest BCUT2D eigenvalue weighted by atomic mass is 10.1. The molecule has 0 fully saturated rings. The Morgan fingerprint density at radius 3 is 2.06 bits per heavy atom. The second-order valence-corrected chi connectivity index (χ2v) is 4.07. The molecule has 4 heteroatoms. The van der Waals surface area contributed by atoms with Crippen molar-refractivity contribution in [2.75, 3.05) is 0 Å². The lowest BCUT2D eigenvalue weighted by molar-refractivity contribution is 0.446. The van der Waals surface area contributed by atoms with Crippen LogP contribution in [0.1, 0.15) is 0 Å². The molecule has 0 radical (unpaired) electrons. The number of hydrogen-bond acceptors (Lipinski definition) is 0. The van der Waals surface area contributed by atoms with Gasteiger partial charge >= 0.3 is 0 Å². The molecule has 0 aliphatic carbocycles. The predicted octanol–water partition coefficient (Wildman–Crippen LogP) is 4.53. The summed E-state index contributed by atoms with van der Waals surface area (Å²) in [7, 11) is 0. The van der Waals surface area contributed by atoms with Gasteiger partial charge in [-0.3, -0.25) is 0 Å². The first-order valence-corrected chi connectivity index (χ1v) is 5.29. The summed E-state index contributed by atoms with van der Waals surface area (Å²) in [6.45, 7) is 0. The molecule has 82 valence electrons. The van der Waals surface area contributed by atoms with Crippen molar-refractivity contribution in [3.8, 4) is 11.1 Å². The summed E-state index contributed by atoms with van der Waals surface area (Å²) in [6, 6.07) is 9.64. The van der Waals surface area contributed by atoms with Gasteiger partial charge < -0.3 is 0 Å². The van der Waals surface area contributed by atoms with Crippen molar-refractivity contribution < 1.29 is 13.2 Å². The van der Waals surface area contributed by atoms with Crippen molar-refractivity contribution in [3.63, 3.8) is 0 Å². The summed E-state index contributed by atoms with van der Waals surface area (Å²) in [6.07, 6.45) is 0. The summed E-state index contributed by atoms with van der Waals surface area (Å²) in [5.74, 6) is -3.85. The zero-order valence-corrected chi connectivity index (χ0v) is 9.56. The molecule has 0 bridgehead atoms. The van der Waals surface area contributed by atoms with E-state index in [1.54, 1.807) is 30.3 Å². The van der Waals surface area contributed by atoms with E-state index in [-0.39, 0.29) is 10.0 Å². The largest absolute Gasteiger partial charge is 0.203 e. The Hall–Kier alpha value is -1.29. The topological polar surface area (TPSA) is 0 Å². The van der Waals surface area contributed by atoms with E-state index in [2.05, 4.69) is 15.9 Å². The fourth-order valence-corrected chi connectivity index (χ4v) is 1.80. The molecule has 0 heterocycles. The van der Waals surface area contributed by atoms with Crippen LogP contribution in [0.4, 0.5) is 13.2 Å². The predicted molar refractivity (Wildman–Crippen MR) is 59.5 cm³/mol. The summed E-state index contributed by atoms with van der Waals surface area (Å²) in [4.78, 5) is 0. The van der Waals surface area contributed by atoms with E-state index in [0.29, 0.717) is 5.56 Å². The average molecular weight is 287 g/mol. The van der Waals surface area contributed by atoms with Crippen LogP contribution in [0.25, 0.3) is 11.1 Å². The van der Waals surface area contributed by atoms with Crippen LogP contribution >= 0.6 is 15.9 Å². The van der Waals surface area contributed by atoms with Gasteiger partial charge in [0, 0.05) is 5.56 Å². The van der Waals surface area contributed by atoms with Crippen molar-refractivity contribution >= 4 is 15.9 Å². The third kappa shape index (κ3) is 1.85. The quantitative estimate of drug-likeness (QED) is 0.534. The van der Waals surface area contributed by atoms with E-state index < -0.39 is 17.5 Å². The van der Waals surface area contributed by atoms with Gasteiger partial charge in [0.15, 0.2) is 17.5 Å². The van der Waals surface area contributed by atoms with Gasteiger partial charge in [-0.1, -0.05) is 30.3 Å². The van der Waals surface area contributed by atoms with Crippen LogP contribution in [0.5, 0.6) is 0 Å². The van der Waals surface area contributed by atoms with Gasteiger partial charge in [-0.2, -0.15) is 0 Å². The monoisotopic (exact) mass is 286 g/mol. The van der Waals surface area contributed by atoms with Gasteiger partial charge in [-0.05, 0) is 27.6 Å². The molecule has 0 N–H and O–H groups in total. The molecule has 0 aromatic heterocycles. The van der Waals surface area contributed by atoms with Gasteiger partial charge in [0.2, 0.25) is 0 Å². The minimum Gasteiger partial charge on any atom is -0.203 e. The van der Waals surface area contributed by atoms with Crippen LogP contribution in [-0.4, -0.2) is 0 Å². The van der Waals surface area contributed by atoms with Crippen molar-refractivity contribution in [1.82, 2.24) is 0 Å². The Kier molecular flexibility index (Phi) is 3.01. The van der Waals surface area contributed by atoms with Gasteiger partial charge in [-0.15, -0.1) is 0 Å². The Bertz CT molecular complexity index is 524. The smallest absolute Gasteiger partial charge is 0.196 e. The van der Waals surface area contributed by atoms with Crippen LogP contribution in [0.15, 0.2) is 40.9 Å². The minimum absolute atomic E-state index is 0.0337. The molecule has 2 rings (SSSR count). The molecule has 0 nitrogen and oxygen atoms in total. The summed E-state index contributed by atoms with van der Waals surface area (Å²) < 4.78 is 39.6. The van der Waals surface area contributed by atoms with Crippen LogP contribution in [0, 0.1) is 17.5 Å². The molecule has 0 saturated carbocycles. The molecular weight excluding hydrogens is 281 g/mol. The molecule has 0 saturated heterocycles. The molecule has 0 aliphatic rings. The summed E-state index contributed by atoms with van der Waals surface area (Å²) >= 11 is 2.85. The summed E-state index contributed by atoms with van der Waals surface area (Å²) in [5, 5.41) is 0. The Labute approximate surface area is 98.9 Å². The second kappa shape index (κ2) is 4.29. The molecule has 0 aliphatic heterocycles. The molecular formula is C12H6BrF3. The highest BCUT2D eigenvalue weighted by Crippen LogP contribution is 2.30. The molecule has 0 amide bonds. The van der Waals surface area contributed by atoms with E-state index in [9.17, 15) is 13.2 Å². The van der Waals surface area contributed by atoms with Crippen molar-refractivity contribution in [1.29, 1.82) is 0 Å². The van der Waals surface area contributed by atoms with Crippen LogP contribution in [0.2, 0.25) is 0 Å². The van der Waals surface area contributed by atoms with Crippen molar-refractivity contribution in [2.24, 2.45) is 0 Å². The second-order valence-electron chi connectivity index (χ2n) is 3.21. The highest BCUT2D eigenvalue weighted by molar-refractivity contribution is 9.10. The number of hydrogen-bond donors (Lipinski definition) is 0. The Balaban J connectivity index is 2.68. The SMILES string of the molecule is Fc1c(Br)cc(-c2ccccc2)c(F)c1F. The molecule has 2 aromatic rings. The van der Waals surface area contributed by atoms with Crippen LogP contribution in [0.3, 0.4) is 0 Å². The van der Waals surface area contributed by atoms with Gasteiger partial charge in [0.1, 0.15) is 0 Å². The molecule has 2 aromatic carbocycles. The van der Waals surface area contributed by atoms with Gasteiger partial charge in [0.05, 0.1) is 4.47 Å². The highest BCUT2D eigenvalue weighted by atomic mass is 79.9. The van der Waals surface area contributed by atoms with Crippen molar-refractivity contribution in [2.45, 2.75) is 0 Å². The molecule has 0 spiro atoms. The third-order valence-electron chi connectivity index (χ3n) is 2.19. The minimum atomic E-state index is -1.46. The zero-order chi connectivity index (χ0) is 11.7. The fraction of sp³-hybridized carbons (Fsp3) is 0. The van der Waals surface area contributed by atoms with E-state index in [4.69, 9.17) is 0 Å². The van der Waals surface area contributed by atoms with E-state index in [1.807, 2.05) is 0 Å². The van der Waals surface area contributed by atoms with E-state index in [1.165, 1.54) is 6.07 Å². The van der Waals surface area contributed by atoms with Gasteiger partial charge in [-0.25, -0.2) is 13.2 Å². The first-order chi connectivity index (χ1) is 7.61. The van der Waals surface area contributed by atoms with Crippen LogP contribution < -0.4 is 0 Å². The zero-order valence-electron chi connectivity index (χ0n) is 7.98.